The van der Waals surface area contributed by atoms with E-state index >= 15 is 0 Å². The molecule has 3 unspecified atom stereocenters. The van der Waals surface area contributed by atoms with Gasteiger partial charge in [-0.3, -0.25) is 5.32 Å². The molecule has 2 N–H and O–H groups in total. The predicted molar refractivity (Wildman–Crippen MR) is 228 cm³/mol. The van der Waals surface area contributed by atoms with Gasteiger partial charge in [-0.1, -0.05) is 170 Å². The topological polar surface area (TPSA) is 24.1 Å². The maximum atomic E-state index is 3.93. The van der Waals surface area contributed by atoms with Crippen LogP contribution >= 0.6 is 0 Å². The Morgan fingerprint density at radius 1 is 0.364 bits per heavy atom. The molecule has 1 heterocycles. The van der Waals surface area contributed by atoms with Gasteiger partial charge in [0.15, 0.2) is 0 Å². The summed E-state index contributed by atoms with van der Waals surface area (Å²) in [5.41, 5.74) is 15.0. The van der Waals surface area contributed by atoms with Gasteiger partial charge >= 0.3 is 0 Å². The van der Waals surface area contributed by atoms with Gasteiger partial charge in [-0.05, 0) is 118 Å². The average Bonchev–Trinajstić information content (AvgIpc) is 3.73. The SMILES string of the molecule is C1=C(c2ccc3c(c2)C2(c4ccccc4-3)c3ccccc3-c3cc4c5ccccc5c5ccccc5c4cc32)NC(c2ccccc2)NC1c1ccccc1. The van der Waals surface area contributed by atoms with Crippen molar-refractivity contribution in [3.63, 3.8) is 0 Å². The van der Waals surface area contributed by atoms with Crippen LogP contribution in [0.3, 0.4) is 0 Å². The number of benzene rings is 9. The zero-order valence-corrected chi connectivity index (χ0v) is 30.1. The fourth-order valence-corrected chi connectivity index (χ4v) is 10.2. The summed E-state index contributed by atoms with van der Waals surface area (Å²) < 4.78 is 0. The summed E-state index contributed by atoms with van der Waals surface area (Å²) in [6.45, 7) is 0. The first kappa shape index (κ1) is 30.7. The van der Waals surface area contributed by atoms with Crippen molar-refractivity contribution in [1.29, 1.82) is 0 Å². The van der Waals surface area contributed by atoms with Crippen molar-refractivity contribution in [3.05, 3.63) is 233 Å². The molecule has 0 saturated heterocycles. The lowest BCUT2D eigenvalue weighted by atomic mass is 9.70. The molecule has 12 rings (SSSR count). The number of rotatable bonds is 3. The maximum absolute atomic E-state index is 3.93. The molecule has 1 spiro atoms. The average molecular weight is 701 g/mol. The summed E-state index contributed by atoms with van der Waals surface area (Å²) in [6, 6.07) is 70.0. The number of hydrogen-bond acceptors (Lipinski definition) is 2. The first-order chi connectivity index (χ1) is 27.3. The van der Waals surface area contributed by atoms with Crippen molar-refractivity contribution < 1.29 is 0 Å². The van der Waals surface area contributed by atoms with Gasteiger partial charge < -0.3 is 5.32 Å². The number of nitrogens with one attached hydrogen (secondary N) is 2. The van der Waals surface area contributed by atoms with E-state index in [0.29, 0.717) is 0 Å². The molecule has 3 aliphatic rings. The summed E-state index contributed by atoms with van der Waals surface area (Å²) in [5.74, 6) is 0. The molecule has 2 heteroatoms. The highest BCUT2D eigenvalue weighted by atomic mass is 15.2. The molecule has 9 aromatic carbocycles. The molecule has 0 fully saturated rings. The van der Waals surface area contributed by atoms with E-state index in [1.54, 1.807) is 0 Å². The molecule has 1 aliphatic heterocycles. The van der Waals surface area contributed by atoms with Crippen LogP contribution in [0.4, 0.5) is 0 Å². The summed E-state index contributed by atoms with van der Waals surface area (Å²) in [4.78, 5) is 0. The van der Waals surface area contributed by atoms with Crippen LogP contribution in [-0.4, -0.2) is 0 Å². The monoisotopic (exact) mass is 700 g/mol. The van der Waals surface area contributed by atoms with Crippen LogP contribution in [0.5, 0.6) is 0 Å². The molecular formula is C53H36N2. The smallest absolute Gasteiger partial charge is 0.104 e. The van der Waals surface area contributed by atoms with E-state index in [9.17, 15) is 0 Å². The Hall–Kier alpha value is -6.74. The second kappa shape index (κ2) is 11.6. The minimum absolute atomic E-state index is 0.0458. The van der Waals surface area contributed by atoms with Crippen molar-refractivity contribution in [2.75, 3.05) is 0 Å². The third kappa shape index (κ3) is 4.29. The Morgan fingerprint density at radius 2 is 0.855 bits per heavy atom. The van der Waals surface area contributed by atoms with Crippen LogP contribution in [-0.2, 0) is 5.41 Å². The van der Waals surface area contributed by atoms with E-state index in [0.717, 1.165) is 5.70 Å². The van der Waals surface area contributed by atoms with Crippen molar-refractivity contribution in [2.45, 2.75) is 17.6 Å². The van der Waals surface area contributed by atoms with E-state index < -0.39 is 5.41 Å². The second-order valence-electron chi connectivity index (χ2n) is 15.3. The van der Waals surface area contributed by atoms with Gasteiger partial charge in [0.05, 0.1) is 11.5 Å². The maximum Gasteiger partial charge on any atom is 0.104 e. The fourth-order valence-electron chi connectivity index (χ4n) is 10.2. The Morgan fingerprint density at radius 3 is 1.51 bits per heavy atom. The van der Waals surface area contributed by atoms with E-state index in [2.05, 4.69) is 205 Å². The minimum atomic E-state index is -0.472. The van der Waals surface area contributed by atoms with Gasteiger partial charge in [0, 0.05) is 5.70 Å². The summed E-state index contributed by atoms with van der Waals surface area (Å²) in [5, 5.41) is 15.6. The first-order valence-corrected chi connectivity index (χ1v) is 19.3. The molecule has 0 radical (unpaired) electrons. The number of fused-ring (bicyclic) bond motifs is 16. The van der Waals surface area contributed by atoms with Gasteiger partial charge in [-0.25, -0.2) is 0 Å². The molecule has 0 saturated carbocycles. The van der Waals surface area contributed by atoms with Gasteiger partial charge in [0.25, 0.3) is 0 Å². The van der Waals surface area contributed by atoms with Crippen molar-refractivity contribution in [3.8, 4) is 22.3 Å². The molecular weight excluding hydrogens is 665 g/mol. The highest BCUT2D eigenvalue weighted by molar-refractivity contribution is 6.26. The molecule has 258 valence electrons. The molecule has 0 bridgehead atoms. The van der Waals surface area contributed by atoms with E-state index in [4.69, 9.17) is 0 Å². The standard InChI is InChI=1S/C53H36N2/c1-3-15-33(16-4-1)50-32-51(55-52(54-50)34-17-5-2-6-18-34)35-27-28-42-40-23-11-13-25-46(40)53(48(42)29-35)47-26-14-12-24-41(47)45-30-43-38-21-9-7-19-36(38)37-20-8-10-22-39(37)44(43)31-49(45)53/h1-32,50,52,54-55H. The van der Waals surface area contributed by atoms with E-state index in [-0.39, 0.29) is 12.2 Å². The number of hydrogen-bond donors (Lipinski definition) is 2. The Balaban J connectivity index is 1.13. The molecule has 2 nitrogen and oxygen atoms in total. The second-order valence-corrected chi connectivity index (χ2v) is 15.3. The third-order valence-corrected chi connectivity index (χ3v) is 12.5. The highest BCUT2D eigenvalue weighted by Crippen LogP contribution is 2.63. The highest BCUT2D eigenvalue weighted by Gasteiger charge is 2.52. The summed E-state index contributed by atoms with van der Waals surface area (Å²) in [7, 11) is 0. The van der Waals surface area contributed by atoms with Crippen molar-refractivity contribution in [1.82, 2.24) is 10.6 Å². The molecule has 2 aliphatic carbocycles. The zero-order valence-electron chi connectivity index (χ0n) is 30.1. The van der Waals surface area contributed by atoms with Crippen molar-refractivity contribution >= 4 is 38.0 Å². The van der Waals surface area contributed by atoms with Crippen LogP contribution in [0.15, 0.2) is 194 Å². The fraction of sp³-hybridized carbons (Fsp3) is 0.0566. The van der Waals surface area contributed by atoms with Gasteiger partial charge in [0.2, 0.25) is 0 Å². The van der Waals surface area contributed by atoms with E-state index in [1.807, 2.05) is 0 Å². The van der Waals surface area contributed by atoms with Crippen molar-refractivity contribution in [2.24, 2.45) is 0 Å². The lowest BCUT2D eigenvalue weighted by molar-refractivity contribution is 0.442. The Kier molecular flexibility index (Phi) is 6.49. The molecule has 0 aromatic heterocycles. The largest absolute Gasteiger partial charge is 0.366 e. The van der Waals surface area contributed by atoms with Crippen LogP contribution in [0, 0.1) is 0 Å². The van der Waals surface area contributed by atoms with E-state index in [1.165, 1.54) is 93.5 Å². The third-order valence-electron chi connectivity index (χ3n) is 12.5. The molecule has 3 atom stereocenters. The molecule has 0 amide bonds. The quantitative estimate of drug-likeness (QED) is 0.179. The summed E-state index contributed by atoms with van der Waals surface area (Å²) >= 11 is 0. The Labute approximate surface area is 320 Å². The zero-order chi connectivity index (χ0) is 36.1. The lowest BCUT2D eigenvalue weighted by Crippen LogP contribution is -2.39. The first-order valence-electron chi connectivity index (χ1n) is 19.3. The van der Waals surface area contributed by atoms with Crippen LogP contribution < -0.4 is 10.6 Å². The van der Waals surface area contributed by atoms with Crippen LogP contribution in [0.2, 0.25) is 0 Å². The van der Waals surface area contributed by atoms with Gasteiger partial charge in [-0.2, -0.15) is 0 Å². The Bertz CT molecular complexity index is 3050. The molecule has 55 heavy (non-hydrogen) atoms. The van der Waals surface area contributed by atoms with Gasteiger partial charge in [0.1, 0.15) is 6.17 Å². The minimum Gasteiger partial charge on any atom is -0.366 e. The van der Waals surface area contributed by atoms with Gasteiger partial charge in [-0.15, -0.1) is 0 Å². The summed E-state index contributed by atoms with van der Waals surface area (Å²) in [6.07, 6.45) is 2.32. The normalized spacial score (nSPS) is 19.2. The predicted octanol–water partition coefficient (Wildman–Crippen LogP) is 12.5. The van der Waals surface area contributed by atoms with Crippen LogP contribution in [0.25, 0.3) is 60.3 Å². The molecule has 9 aromatic rings. The lowest BCUT2D eigenvalue weighted by Gasteiger charge is -2.34. The van der Waals surface area contributed by atoms with Crippen LogP contribution in [0.1, 0.15) is 51.2 Å².